The molecule has 5 heterocycles. The third kappa shape index (κ3) is 2.31. The van der Waals surface area contributed by atoms with Crippen LogP contribution in [-0.4, -0.2) is 34.3 Å². The molecule has 5 aromatic heterocycles. The zero-order valence-corrected chi connectivity index (χ0v) is 13.5. The minimum absolute atomic E-state index is 0.379. The SMILES string of the molecule is N#Cc1ccc(-c2cnc3[nH]n(Cc4ccn5nccc5c4)c3n2)cn1. The van der Waals surface area contributed by atoms with Gasteiger partial charge in [-0.15, -0.1) is 0 Å². The molecule has 0 spiro atoms. The van der Waals surface area contributed by atoms with E-state index >= 15 is 0 Å². The Morgan fingerprint density at radius 2 is 2.08 bits per heavy atom. The molecule has 0 aliphatic carbocycles. The van der Waals surface area contributed by atoms with Crippen molar-refractivity contribution < 1.29 is 0 Å². The van der Waals surface area contributed by atoms with Gasteiger partial charge in [0.2, 0.25) is 0 Å². The second-order valence-electron chi connectivity index (χ2n) is 5.90. The summed E-state index contributed by atoms with van der Waals surface area (Å²) < 4.78 is 3.78. The molecule has 124 valence electrons. The van der Waals surface area contributed by atoms with Gasteiger partial charge in [0, 0.05) is 24.2 Å². The van der Waals surface area contributed by atoms with Gasteiger partial charge < -0.3 is 0 Å². The summed E-state index contributed by atoms with van der Waals surface area (Å²) in [6.45, 7) is 0.665. The van der Waals surface area contributed by atoms with Crippen molar-refractivity contribution in [3.05, 3.63) is 66.4 Å². The average Bonchev–Trinajstić information content (AvgIpc) is 3.14. The number of hydrogen-bond acceptors (Lipinski definition) is 5. The molecule has 8 nitrogen and oxygen atoms in total. The number of H-pyrrole nitrogens is 1. The molecule has 0 fully saturated rings. The fraction of sp³-hybridized carbons (Fsp3) is 0.0556. The van der Waals surface area contributed by atoms with Crippen molar-refractivity contribution >= 4 is 16.8 Å². The van der Waals surface area contributed by atoms with Crippen LogP contribution in [0.1, 0.15) is 11.3 Å². The average molecular weight is 340 g/mol. The Labute approximate surface area is 147 Å². The van der Waals surface area contributed by atoms with Gasteiger partial charge in [0.15, 0.2) is 11.3 Å². The minimum atomic E-state index is 0.379. The Balaban J connectivity index is 1.48. The van der Waals surface area contributed by atoms with Crippen molar-refractivity contribution in [2.45, 2.75) is 6.54 Å². The van der Waals surface area contributed by atoms with Crippen LogP contribution in [0.5, 0.6) is 0 Å². The summed E-state index contributed by atoms with van der Waals surface area (Å²) in [6.07, 6.45) is 7.05. The Hall–Kier alpha value is -3.99. The Morgan fingerprint density at radius 3 is 2.92 bits per heavy atom. The maximum atomic E-state index is 8.85. The van der Waals surface area contributed by atoms with Crippen LogP contribution in [0.15, 0.2) is 55.1 Å². The van der Waals surface area contributed by atoms with Crippen LogP contribution in [0.25, 0.3) is 28.1 Å². The first-order valence-corrected chi connectivity index (χ1v) is 8.00. The standard InChI is InChI=1S/C18H12N8/c19-8-14-2-1-13(9-20-14)16-10-21-17-18(23-16)26(24-17)11-12-4-6-25-15(7-12)3-5-22-25/h1-7,9-10H,11H2,(H,21,24). The van der Waals surface area contributed by atoms with Gasteiger partial charge in [-0.25, -0.2) is 19.5 Å². The van der Waals surface area contributed by atoms with Crippen molar-refractivity contribution in [3.63, 3.8) is 0 Å². The predicted molar refractivity (Wildman–Crippen MR) is 94.1 cm³/mol. The number of aromatic nitrogens is 7. The van der Waals surface area contributed by atoms with Gasteiger partial charge in [-0.3, -0.25) is 9.78 Å². The molecule has 0 atom stereocenters. The molecule has 1 N–H and O–H groups in total. The van der Waals surface area contributed by atoms with Crippen LogP contribution in [-0.2, 0) is 6.54 Å². The molecule has 0 bridgehead atoms. The fourth-order valence-corrected chi connectivity index (χ4v) is 2.89. The van der Waals surface area contributed by atoms with E-state index in [9.17, 15) is 0 Å². The predicted octanol–water partition coefficient (Wildman–Crippen LogP) is 2.39. The zero-order valence-electron chi connectivity index (χ0n) is 13.5. The van der Waals surface area contributed by atoms with Crippen molar-refractivity contribution in [1.82, 2.24) is 34.3 Å². The van der Waals surface area contributed by atoms with Crippen molar-refractivity contribution in [2.75, 3.05) is 0 Å². The first-order chi connectivity index (χ1) is 12.8. The lowest BCUT2D eigenvalue weighted by atomic mass is 10.2. The number of nitriles is 1. The highest BCUT2D eigenvalue weighted by molar-refractivity contribution is 5.72. The van der Waals surface area contributed by atoms with E-state index in [1.54, 1.807) is 24.7 Å². The van der Waals surface area contributed by atoms with Gasteiger partial charge in [-0.1, -0.05) is 0 Å². The summed E-state index contributed by atoms with van der Waals surface area (Å²) in [5.41, 5.74) is 5.66. The quantitative estimate of drug-likeness (QED) is 0.543. The molecular formula is C18H12N8. The van der Waals surface area contributed by atoms with E-state index < -0.39 is 0 Å². The summed E-state index contributed by atoms with van der Waals surface area (Å²) in [5, 5.41) is 16.2. The second kappa shape index (κ2) is 5.53. The number of fused-ring (bicyclic) bond motifs is 2. The van der Waals surface area contributed by atoms with E-state index in [1.165, 1.54) is 0 Å². The lowest BCUT2D eigenvalue weighted by Crippen LogP contribution is -2.15. The molecule has 0 aliphatic rings. The van der Waals surface area contributed by atoms with Crippen molar-refractivity contribution in [1.29, 1.82) is 5.26 Å². The van der Waals surface area contributed by atoms with E-state index in [1.807, 2.05) is 39.7 Å². The monoisotopic (exact) mass is 340 g/mol. The molecule has 0 saturated carbocycles. The van der Waals surface area contributed by atoms with Gasteiger partial charge in [0.05, 0.1) is 24.0 Å². The van der Waals surface area contributed by atoms with E-state index in [-0.39, 0.29) is 0 Å². The minimum Gasteiger partial charge on any atom is -0.277 e. The van der Waals surface area contributed by atoms with Gasteiger partial charge in [-0.05, 0) is 35.9 Å². The number of hydrogen-bond donors (Lipinski definition) is 1. The summed E-state index contributed by atoms with van der Waals surface area (Å²) in [7, 11) is 0. The Morgan fingerprint density at radius 1 is 1.12 bits per heavy atom. The lowest BCUT2D eigenvalue weighted by Gasteiger charge is -2.15. The third-order valence-corrected chi connectivity index (χ3v) is 4.23. The first-order valence-electron chi connectivity index (χ1n) is 8.00. The molecule has 0 unspecified atom stereocenters. The molecule has 5 aromatic rings. The zero-order chi connectivity index (χ0) is 17.5. The highest BCUT2D eigenvalue weighted by Crippen LogP contribution is 2.20. The summed E-state index contributed by atoms with van der Waals surface area (Å²) in [6, 6.07) is 11.6. The number of rotatable bonds is 3. The Kier molecular flexibility index (Phi) is 3.05. The van der Waals surface area contributed by atoms with E-state index in [0.29, 0.717) is 12.2 Å². The summed E-state index contributed by atoms with van der Waals surface area (Å²) in [5.74, 6) is 0. The molecule has 0 aliphatic heterocycles. The van der Waals surface area contributed by atoms with Crippen molar-refractivity contribution in [2.24, 2.45) is 0 Å². The van der Waals surface area contributed by atoms with Gasteiger partial charge in [0.25, 0.3) is 0 Å². The normalized spacial score (nSPS) is 11.2. The van der Waals surface area contributed by atoms with Crippen LogP contribution in [0.4, 0.5) is 0 Å². The van der Waals surface area contributed by atoms with Crippen LogP contribution < -0.4 is 0 Å². The third-order valence-electron chi connectivity index (χ3n) is 4.23. The van der Waals surface area contributed by atoms with Crippen LogP contribution in [0.2, 0.25) is 0 Å². The van der Waals surface area contributed by atoms with E-state index in [4.69, 9.17) is 5.26 Å². The van der Waals surface area contributed by atoms with Gasteiger partial charge in [0.1, 0.15) is 11.8 Å². The van der Waals surface area contributed by atoms with Gasteiger partial charge >= 0.3 is 0 Å². The maximum absolute atomic E-state index is 8.85. The molecule has 26 heavy (non-hydrogen) atoms. The number of nitrogens with zero attached hydrogens (tertiary/aromatic N) is 7. The van der Waals surface area contributed by atoms with Gasteiger partial charge in [-0.2, -0.15) is 10.4 Å². The molecule has 8 heteroatoms. The smallest absolute Gasteiger partial charge is 0.193 e. The van der Waals surface area contributed by atoms with E-state index in [0.717, 1.165) is 33.6 Å². The molecule has 5 rings (SSSR count). The van der Waals surface area contributed by atoms with Crippen LogP contribution in [0, 0.1) is 11.3 Å². The second-order valence-corrected chi connectivity index (χ2v) is 5.90. The van der Waals surface area contributed by atoms with E-state index in [2.05, 4.69) is 31.2 Å². The molecular weight excluding hydrogens is 328 g/mol. The highest BCUT2D eigenvalue weighted by Gasteiger charge is 2.12. The largest absolute Gasteiger partial charge is 0.277 e. The topological polar surface area (TPSA) is 100 Å². The van der Waals surface area contributed by atoms with Crippen LogP contribution in [0.3, 0.4) is 0 Å². The van der Waals surface area contributed by atoms with Crippen molar-refractivity contribution in [3.8, 4) is 17.3 Å². The molecule has 0 aromatic carbocycles. The summed E-state index contributed by atoms with van der Waals surface area (Å²) >= 11 is 0. The van der Waals surface area contributed by atoms with Crippen LogP contribution >= 0.6 is 0 Å². The molecule has 0 radical (unpaired) electrons. The maximum Gasteiger partial charge on any atom is 0.193 e. The first kappa shape index (κ1) is 14.4. The highest BCUT2D eigenvalue weighted by atomic mass is 15.4. The number of nitrogens with one attached hydrogen (secondary N) is 1. The Bertz CT molecular complexity index is 1270. The lowest BCUT2D eigenvalue weighted by molar-refractivity contribution is 0.665. The fourth-order valence-electron chi connectivity index (χ4n) is 2.89. The molecule has 0 saturated heterocycles. The number of pyridine rings is 2. The molecule has 0 amide bonds. The number of aromatic amines is 1. The summed E-state index contributed by atoms with van der Waals surface area (Å²) in [4.78, 5) is 13.2.